The van der Waals surface area contributed by atoms with E-state index in [1.54, 1.807) is 12.1 Å². The first-order valence-electron chi connectivity index (χ1n) is 6.93. The van der Waals surface area contributed by atoms with Gasteiger partial charge in [-0.25, -0.2) is 4.39 Å². The van der Waals surface area contributed by atoms with E-state index in [9.17, 15) is 9.18 Å². The molecule has 20 heavy (non-hydrogen) atoms. The van der Waals surface area contributed by atoms with Gasteiger partial charge >= 0.3 is 0 Å². The van der Waals surface area contributed by atoms with Crippen LogP contribution in [0.2, 0.25) is 0 Å². The summed E-state index contributed by atoms with van der Waals surface area (Å²) >= 11 is 0. The van der Waals surface area contributed by atoms with Crippen molar-refractivity contribution < 1.29 is 13.9 Å². The van der Waals surface area contributed by atoms with Crippen molar-refractivity contribution in [2.45, 2.75) is 25.8 Å². The van der Waals surface area contributed by atoms with E-state index in [0.717, 1.165) is 25.1 Å². The van der Waals surface area contributed by atoms with E-state index in [1.807, 2.05) is 6.92 Å². The molecule has 0 aliphatic carbocycles. The third-order valence-electron chi connectivity index (χ3n) is 3.69. The second-order valence-corrected chi connectivity index (χ2v) is 5.25. The monoisotopic (exact) mass is 280 g/mol. The Morgan fingerprint density at radius 2 is 2.40 bits per heavy atom. The fourth-order valence-electron chi connectivity index (χ4n) is 2.49. The van der Waals surface area contributed by atoms with E-state index in [4.69, 9.17) is 4.74 Å². The third kappa shape index (κ3) is 3.70. The Kier molecular flexibility index (Phi) is 4.95. The molecule has 1 amide bonds. The molecule has 0 spiro atoms. The molecular weight excluding hydrogens is 259 g/mol. The van der Waals surface area contributed by atoms with Gasteiger partial charge in [0.2, 0.25) is 5.91 Å². The minimum atomic E-state index is -0.411. The summed E-state index contributed by atoms with van der Waals surface area (Å²) in [5.41, 5.74) is 0.737. The summed E-state index contributed by atoms with van der Waals surface area (Å²) in [6, 6.07) is 4.54. The molecule has 1 aliphatic heterocycles. The first kappa shape index (κ1) is 14.8. The number of nitrogens with one attached hydrogen (secondary N) is 2. The summed E-state index contributed by atoms with van der Waals surface area (Å²) in [7, 11) is 1.43. The second kappa shape index (κ2) is 6.70. The summed E-state index contributed by atoms with van der Waals surface area (Å²) in [5.74, 6) is 0.229. The largest absolute Gasteiger partial charge is 0.494 e. The van der Waals surface area contributed by atoms with Crippen molar-refractivity contribution in [1.29, 1.82) is 0 Å². The number of hydrogen-bond donors (Lipinski definition) is 2. The number of carbonyl (C=O) groups is 1. The van der Waals surface area contributed by atoms with E-state index in [-0.39, 0.29) is 17.7 Å². The quantitative estimate of drug-likeness (QED) is 0.867. The molecular formula is C15H21FN2O2. The number of methoxy groups -OCH3 is 1. The Morgan fingerprint density at radius 1 is 1.60 bits per heavy atom. The number of carbonyl (C=O) groups excluding carboxylic acids is 1. The molecule has 0 saturated carbocycles. The summed E-state index contributed by atoms with van der Waals surface area (Å²) in [4.78, 5) is 11.9. The number of rotatable bonds is 5. The molecule has 2 N–H and O–H groups in total. The van der Waals surface area contributed by atoms with Crippen LogP contribution in [0, 0.1) is 11.7 Å². The molecule has 5 heteroatoms. The summed E-state index contributed by atoms with van der Waals surface area (Å²) in [6.07, 6.45) is 1.56. The van der Waals surface area contributed by atoms with Gasteiger partial charge < -0.3 is 15.4 Å². The van der Waals surface area contributed by atoms with Gasteiger partial charge in [0.05, 0.1) is 13.2 Å². The topological polar surface area (TPSA) is 50.4 Å². The number of amides is 1. The standard InChI is InChI=1S/C15H21FN2O2/c1-10(12-3-4-14(20-2)13(16)8-12)18-15(19)7-11-5-6-17-9-11/h3-4,8,10-11,17H,5-7,9H2,1-2H3,(H,18,19). The van der Waals surface area contributed by atoms with E-state index in [1.165, 1.54) is 13.2 Å². The normalized spacial score (nSPS) is 19.6. The van der Waals surface area contributed by atoms with Crippen molar-refractivity contribution in [1.82, 2.24) is 10.6 Å². The molecule has 2 rings (SSSR count). The van der Waals surface area contributed by atoms with Crippen molar-refractivity contribution in [2.75, 3.05) is 20.2 Å². The lowest BCUT2D eigenvalue weighted by atomic mass is 10.0. The lowest BCUT2D eigenvalue weighted by Gasteiger charge is -2.16. The third-order valence-corrected chi connectivity index (χ3v) is 3.69. The van der Waals surface area contributed by atoms with Gasteiger partial charge in [-0.3, -0.25) is 4.79 Å². The predicted octanol–water partition coefficient (Wildman–Crippen LogP) is 2.01. The van der Waals surface area contributed by atoms with Gasteiger partial charge in [-0.05, 0) is 50.0 Å². The Bertz CT molecular complexity index is 473. The molecule has 2 atom stereocenters. The zero-order chi connectivity index (χ0) is 14.5. The number of benzene rings is 1. The van der Waals surface area contributed by atoms with Gasteiger partial charge in [0.15, 0.2) is 11.6 Å². The summed E-state index contributed by atoms with van der Waals surface area (Å²) < 4.78 is 18.5. The highest BCUT2D eigenvalue weighted by Gasteiger charge is 2.19. The minimum absolute atomic E-state index is 0.0161. The van der Waals surface area contributed by atoms with Crippen LogP contribution >= 0.6 is 0 Å². The van der Waals surface area contributed by atoms with Crippen LogP contribution in [0.25, 0.3) is 0 Å². The van der Waals surface area contributed by atoms with Crippen LogP contribution < -0.4 is 15.4 Å². The number of hydrogen-bond acceptors (Lipinski definition) is 3. The van der Waals surface area contributed by atoms with Crippen LogP contribution in [0.15, 0.2) is 18.2 Å². The van der Waals surface area contributed by atoms with Crippen molar-refractivity contribution in [3.63, 3.8) is 0 Å². The van der Waals surface area contributed by atoms with Gasteiger partial charge in [0.1, 0.15) is 0 Å². The fourth-order valence-corrected chi connectivity index (χ4v) is 2.49. The summed E-state index contributed by atoms with van der Waals surface area (Å²) in [5, 5.41) is 6.15. The molecule has 4 nitrogen and oxygen atoms in total. The maximum absolute atomic E-state index is 13.6. The summed E-state index contributed by atoms with van der Waals surface area (Å²) in [6.45, 7) is 3.74. The molecule has 110 valence electrons. The Balaban J connectivity index is 1.91. The van der Waals surface area contributed by atoms with Crippen LogP contribution in [-0.4, -0.2) is 26.1 Å². The lowest BCUT2D eigenvalue weighted by molar-refractivity contribution is -0.122. The molecule has 1 saturated heterocycles. The molecule has 0 bridgehead atoms. The number of ether oxygens (including phenoxy) is 1. The van der Waals surface area contributed by atoms with Crippen molar-refractivity contribution >= 4 is 5.91 Å². The zero-order valence-corrected chi connectivity index (χ0v) is 11.9. The van der Waals surface area contributed by atoms with Crippen LogP contribution in [0.5, 0.6) is 5.75 Å². The van der Waals surface area contributed by atoms with E-state index in [0.29, 0.717) is 12.3 Å². The van der Waals surface area contributed by atoms with Gasteiger partial charge in [-0.1, -0.05) is 6.07 Å². The first-order chi connectivity index (χ1) is 9.60. The smallest absolute Gasteiger partial charge is 0.220 e. The average Bonchev–Trinajstić information content (AvgIpc) is 2.91. The molecule has 0 radical (unpaired) electrons. The average molecular weight is 280 g/mol. The molecule has 1 heterocycles. The fraction of sp³-hybridized carbons (Fsp3) is 0.533. The van der Waals surface area contributed by atoms with Crippen molar-refractivity contribution in [3.8, 4) is 5.75 Å². The van der Waals surface area contributed by atoms with Crippen LogP contribution in [0.3, 0.4) is 0 Å². The molecule has 1 aliphatic rings. The van der Waals surface area contributed by atoms with Gasteiger partial charge in [0.25, 0.3) is 0 Å². The van der Waals surface area contributed by atoms with Crippen molar-refractivity contribution in [2.24, 2.45) is 5.92 Å². The molecule has 1 fully saturated rings. The second-order valence-electron chi connectivity index (χ2n) is 5.25. The SMILES string of the molecule is COc1ccc(C(C)NC(=O)CC2CCNC2)cc1F. The lowest BCUT2D eigenvalue weighted by Crippen LogP contribution is -2.29. The highest BCUT2D eigenvalue weighted by Crippen LogP contribution is 2.22. The van der Waals surface area contributed by atoms with Crippen molar-refractivity contribution in [3.05, 3.63) is 29.6 Å². The maximum Gasteiger partial charge on any atom is 0.220 e. The highest BCUT2D eigenvalue weighted by atomic mass is 19.1. The van der Waals surface area contributed by atoms with Gasteiger partial charge in [-0.2, -0.15) is 0 Å². The molecule has 1 aromatic rings. The van der Waals surface area contributed by atoms with Crippen LogP contribution in [0.1, 0.15) is 31.4 Å². The van der Waals surface area contributed by atoms with E-state index in [2.05, 4.69) is 10.6 Å². The zero-order valence-electron chi connectivity index (χ0n) is 11.9. The van der Waals surface area contributed by atoms with Gasteiger partial charge in [0, 0.05) is 6.42 Å². The van der Waals surface area contributed by atoms with E-state index >= 15 is 0 Å². The minimum Gasteiger partial charge on any atom is -0.494 e. The maximum atomic E-state index is 13.6. The highest BCUT2D eigenvalue weighted by molar-refractivity contribution is 5.76. The Hall–Kier alpha value is -1.62. The molecule has 0 aromatic heterocycles. The molecule has 1 aromatic carbocycles. The Morgan fingerprint density at radius 3 is 3.00 bits per heavy atom. The van der Waals surface area contributed by atoms with E-state index < -0.39 is 5.82 Å². The van der Waals surface area contributed by atoms with Gasteiger partial charge in [-0.15, -0.1) is 0 Å². The molecule has 2 unspecified atom stereocenters. The first-order valence-corrected chi connectivity index (χ1v) is 6.93. The van der Waals surface area contributed by atoms with Crippen LogP contribution in [0.4, 0.5) is 4.39 Å². The predicted molar refractivity (Wildman–Crippen MR) is 75.1 cm³/mol. The Labute approximate surface area is 118 Å². The number of halogens is 1. The van der Waals surface area contributed by atoms with Crippen LogP contribution in [-0.2, 0) is 4.79 Å².